The molecule has 3 aliphatic carbocycles. The van der Waals surface area contributed by atoms with E-state index >= 15 is 0 Å². The molecule has 28 heavy (non-hydrogen) atoms. The summed E-state index contributed by atoms with van der Waals surface area (Å²) in [6.45, 7) is 1.80. The highest BCUT2D eigenvalue weighted by molar-refractivity contribution is 5.98. The highest BCUT2D eigenvalue weighted by atomic mass is 16.5. The Morgan fingerprint density at radius 1 is 1.25 bits per heavy atom. The van der Waals surface area contributed by atoms with E-state index in [1.54, 1.807) is 25.3 Å². The molecule has 150 valence electrons. The van der Waals surface area contributed by atoms with Gasteiger partial charge in [0.2, 0.25) is 5.91 Å². The lowest BCUT2D eigenvalue weighted by Crippen LogP contribution is -2.67. The molecular weight excluding hydrogens is 356 g/mol. The fourth-order valence-electron chi connectivity index (χ4n) is 5.77. The van der Waals surface area contributed by atoms with Gasteiger partial charge in [-0.05, 0) is 56.6 Å². The van der Waals surface area contributed by atoms with E-state index in [9.17, 15) is 9.59 Å². The molecule has 6 nitrogen and oxygen atoms in total. The molecule has 2 bridgehead atoms. The normalized spacial score (nSPS) is 33.8. The fourth-order valence-corrected chi connectivity index (χ4v) is 5.77. The number of piperidine rings is 1. The van der Waals surface area contributed by atoms with Crippen LogP contribution in [-0.4, -0.2) is 42.6 Å². The van der Waals surface area contributed by atoms with E-state index in [4.69, 9.17) is 9.47 Å². The Bertz CT molecular complexity index is 804. The van der Waals surface area contributed by atoms with E-state index in [0.29, 0.717) is 29.4 Å². The molecule has 4 atom stereocenters. The van der Waals surface area contributed by atoms with E-state index in [1.165, 1.54) is 6.42 Å². The molecule has 0 radical (unpaired) electrons. The van der Waals surface area contributed by atoms with Crippen molar-refractivity contribution in [1.82, 2.24) is 10.2 Å². The second kappa shape index (κ2) is 6.68. The Kier molecular flexibility index (Phi) is 4.25. The fraction of sp³-hybridized carbons (Fsp3) is 0.636. The molecule has 1 aromatic carbocycles. The number of ether oxygens (including phenoxy) is 2. The Balaban J connectivity index is 1.38. The first-order valence-corrected chi connectivity index (χ1v) is 10.6. The van der Waals surface area contributed by atoms with Crippen LogP contribution in [-0.2, 0) is 4.79 Å². The molecular formula is C22H28N2O4. The van der Waals surface area contributed by atoms with Crippen LogP contribution < -0.4 is 14.8 Å². The summed E-state index contributed by atoms with van der Waals surface area (Å²) in [4.78, 5) is 28.0. The first-order valence-electron chi connectivity index (χ1n) is 10.6. The zero-order valence-corrected chi connectivity index (χ0v) is 16.4. The summed E-state index contributed by atoms with van der Waals surface area (Å²) in [6, 6.07) is 5.33. The zero-order chi connectivity index (χ0) is 19.3. The molecule has 6 rings (SSSR count). The van der Waals surface area contributed by atoms with Gasteiger partial charge in [-0.2, -0.15) is 0 Å². The van der Waals surface area contributed by atoms with Crippen molar-refractivity contribution in [1.29, 1.82) is 0 Å². The maximum Gasteiger partial charge on any atom is 0.258 e. The summed E-state index contributed by atoms with van der Waals surface area (Å²) in [5.41, 5.74) is -0.133. The molecule has 2 aliphatic heterocycles. The van der Waals surface area contributed by atoms with Crippen LogP contribution >= 0.6 is 0 Å². The SMILES string of the molecule is COc1ccc2c(c1)O[C@@]1(C[C@H]3CC[C@H]1C[C@H]3C(=O)N1CCCCC1)NC2=O. The van der Waals surface area contributed by atoms with E-state index in [2.05, 4.69) is 10.2 Å². The number of amides is 2. The van der Waals surface area contributed by atoms with E-state index < -0.39 is 5.72 Å². The monoisotopic (exact) mass is 384 g/mol. The average molecular weight is 384 g/mol. The summed E-state index contributed by atoms with van der Waals surface area (Å²) in [5, 5.41) is 3.17. The number of carbonyl (C=O) groups is 2. The van der Waals surface area contributed by atoms with Gasteiger partial charge in [-0.25, -0.2) is 0 Å². The van der Waals surface area contributed by atoms with Crippen LogP contribution in [0.5, 0.6) is 11.5 Å². The lowest BCUT2D eigenvalue weighted by atomic mass is 9.59. The van der Waals surface area contributed by atoms with Crippen molar-refractivity contribution in [2.24, 2.45) is 17.8 Å². The Morgan fingerprint density at radius 3 is 2.79 bits per heavy atom. The van der Waals surface area contributed by atoms with Crippen molar-refractivity contribution in [3.05, 3.63) is 23.8 Å². The van der Waals surface area contributed by atoms with Gasteiger partial charge in [0.05, 0.1) is 12.7 Å². The minimum atomic E-state index is -0.682. The molecule has 0 aromatic heterocycles. The molecule has 2 heterocycles. The number of rotatable bonds is 2. The van der Waals surface area contributed by atoms with Crippen molar-refractivity contribution in [3.8, 4) is 11.5 Å². The zero-order valence-electron chi connectivity index (χ0n) is 16.4. The lowest BCUT2D eigenvalue weighted by Gasteiger charge is -2.55. The van der Waals surface area contributed by atoms with Gasteiger partial charge in [-0.3, -0.25) is 9.59 Å². The molecule has 4 fully saturated rings. The van der Waals surface area contributed by atoms with E-state index in [1.807, 2.05) is 0 Å². The smallest absolute Gasteiger partial charge is 0.258 e. The van der Waals surface area contributed by atoms with Gasteiger partial charge in [-0.1, -0.05) is 0 Å². The van der Waals surface area contributed by atoms with Crippen molar-refractivity contribution < 1.29 is 19.1 Å². The number of likely N-dealkylation sites (tertiary alicyclic amines) is 1. The summed E-state index contributed by atoms with van der Waals surface area (Å²) in [5.74, 6) is 2.03. The number of methoxy groups -OCH3 is 1. The van der Waals surface area contributed by atoms with Crippen LogP contribution in [0.4, 0.5) is 0 Å². The number of fused-ring (bicyclic) bond motifs is 3. The molecule has 3 saturated carbocycles. The van der Waals surface area contributed by atoms with Gasteiger partial charge in [0.1, 0.15) is 11.5 Å². The number of hydrogen-bond donors (Lipinski definition) is 1. The van der Waals surface area contributed by atoms with Gasteiger partial charge < -0.3 is 19.7 Å². The second-order valence-corrected chi connectivity index (χ2v) is 8.77. The van der Waals surface area contributed by atoms with E-state index in [0.717, 1.165) is 45.2 Å². The first kappa shape index (κ1) is 17.8. The summed E-state index contributed by atoms with van der Waals surface area (Å²) < 4.78 is 11.8. The summed E-state index contributed by atoms with van der Waals surface area (Å²) >= 11 is 0. The third kappa shape index (κ3) is 2.76. The predicted octanol–water partition coefficient (Wildman–Crippen LogP) is 2.96. The van der Waals surface area contributed by atoms with Gasteiger partial charge in [-0.15, -0.1) is 0 Å². The minimum absolute atomic E-state index is 0.0784. The molecule has 0 unspecified atom stereocenters. The Hall–Kier alpha value is -2.24. The van der Waals surface area contributed by atoms with Crippen molar-refractivity contribution in [3.63, 3.8) is 0 Å². The predicted molar refractivity (Wildman–Crippen MR) is 103 cm³/mol. The second-order valence-electron chi connectivity index (χ2n) is 8.77. The van der Waals surface area contributed by atoms with Crippen LogP contribution in [0.25, 0.3) is 0 Å². The molecule has 1 N–H and O–H groups in total. The average Bonchev–Trinajstić information content (AvgIpc) is 2.73. The first-order chi connectivity index (χ1) is 13.6. The highest BCUT2D eigenvalue weighted by Crippen LogP contribution is 2.53. The van der Waals surface area contributed by atoms with Crippen LogP contribution in [0.2, 0.25) is 0 Å². The van der Waals surface area contributed by atoms with Crippen LogP contribution in [0.15, 0.2) is 18.2 Å². The largest absolute Gasteiger partial charge is 0.497 e. The van der Waals surface area contributed by atoms with E-state index in [-0.39, 0.29) is 23.7 Å². The quantitative estimate of drug-likeness (QED) is 0.851. The van der Waals surface area contributed by atoms with Crippen LogP contribution in [0.1, 0.15) is 55.3 Å². The molecule has 6 heteroatoms. The number of nitrogens with one attached hydrogen (secondary N) is 1. The molecule has 5 aliphatic rings. The van der Waals surface area contributed by atoms with Gasteiger partial charge in [0.15, 0.2) is 5.72 Å². The summed E-state index contributed by atoms with van der Waals surface area (Å²) in [7, 11) is 1.61. The van der Waals surface area contributed by atoms with Crippen LogP contribution in [0, 0.1) is 17.8 Å². The number of nitrogens with zero attached hydrogens (tertiary/aromatic N) is 1. The Morgan fingerprint density at radius 2 is 2.07 bits per heavy atom. The molecule has 2 amide bonds. The van der Waals surface area contributed by atoms with Gasteiger partial charge in [0, 0.05) is 37.4 Å². The minimum Gasteiger partial charge on any atom is -0.497 e. The number of hydrogen-bond acceptors (Lipinski definition) is 4. The standard InChI is InChI=1S/C22H28N2O4/c1-27-16-7-8-17-19(12-16)28-22(23-20(17)25)13-14-5-6-15(22)11-18(14)21(26)24-9-3-2-4-10-24/h7-8,12,14-15,18H,2-6,9-11,13H2,1H3,(H,23,25)/t14-,15+,18-,22-/m1/s1. The van der Waals surface area contributed by atoms with Crippen LogP contribution in [0.3, 0.4) is 0 Å². The number of carbonyl (C=O) groups excluding carboxylic acids is 2. The van der Waals surface area contributed by atoms with Crippen molar-refractivity contribution >= 4 is 11.8 Å². The van der Waals surface area contributed by atoms with Gasteiger partial charge in [0.25, 0.3) is 5.91 Å². The molecule has 1 spiro atoms. The lowest BCUT2D eigenvalue weighted by molar-refractivity contribution is -0.156. The third-order valence-corrected chi connectivity index (χ3v) is 7.25. The highest BCUT2D eigenvalue weighted by Gasteiger charge is 2.57. The maximum atomic E-state index is 13.1. The Labute approximate surface area is 165 Å². The topological polar surface area (TPSA) is 67.9 Å². The molecule has 1 aromatic rings. The van der Waals surface area contributed by atoms with Gasteiger partial charge >= 0.3 is 0 Å². The third-order valence-electron chi connectivity index (χ3n) is 7.25. The van der Waals surface area contributed by atoms with Crippen molar-refractivity contribution in [2.75, 3.05) is 20.2 Å². The maximum absolute atomic E-state index is 13.1. The van der Waals surface area contributed by atoms with Crippen molar-refractivity contribution in [2.45, 2.75) is 50.7 Å². The number of benzene rings is 1. The molecule has 1 saturated heterocycles. The summed E-state index contributed by atoms with van der Waals surface area (Å²) in [6.07, 6.45) is 7.02.